The van der Waals surface area contributed by atoms with Gasteiger partial charge in [0.2, 0.25) is 5.91 Å². The van der Waals surface area contributed by atoms with Gasteiger partial charge in [0.05, 0.1) is 11.8 Å². The van der Waals surface area contributed by atoms with E-state index in [9.17, 15) is 14.0 Å². The molecule has 1 N–H and O–H groups in total. The smallest absolute Gasteiger partial charge is 0.230 e. The summed E-state index contributed by atoms with van der Waals surface area (Å²) < 4.78 is 14.0. The van der Waals surface area contributed by atoms with Crippen molar-refractivity contribution in [2.75, 3.05) is 5.75 Å². The summed E-state index contributed by atoms with van der Waals surface area (Å²) >= 11 is 1.12. The molecule has 3 nitrogen and oxygen atoms in total. The van der Waals surface area contributed by atoms with Gasteiger partial charge in [0.1, 0.15) is 5.82 Å². The lowest BCUT2D eigenvalue weighted by Crippen LogP contribution is -2.28. The molecule has 0 aliphatic rings. The van der Waals surface area contributed by atoms with Gasteiger partial charge in [0.25, 0.3) is 0 Å². The van der Waals surface area contributed by atoms with Crippen LogP contribution < -0.4 is 5.32 Å². The van der Waals surface area contributed by atoms with Crippen LogP contribution in [-0.4, -0.2) is 17.4 Å². The van der Waals surface area contributed by atoms with Gasteiger partial charge in [-0.2, -0.15) is 0 Å². The predicted molar refractivity (Wildman–Crippen MR) is 104 cm³/mol. The first-order valence-corrected chi connectivity index (χ1v) is 9.59. The SMILES string of the molecule is CC(=O)c1ccc(SCC(=O)NC(C)c2ccc(C(C)C)cc2)c(F)c1. The summed E-state index contributed by atoms with van der Waals surface area (Å²) in [6, 6.07) is 12.4. The van der Waals surface area contributed by atoms with Gasteiger partial charge in [-0.3, -0.25) is 9.59 Å². The molecule has 0 spiro atoms. The number of halogens is 1. The number of hydrogen-bond acceptors (Lipinski definition) is 3. The second kappa shape index (κ2) is 8.99. The van der Waals surface area contributed by atoms with Crippen LogP contribution in [0.2, 0.25) is 0 Å². The summed E-state index contributed by atoms with van der Waals surface area (Å²) in [5.41, 5.74) is 2.62. The van der Waals surface area contributed by atoms with Crippen molar-refractivity contribution in [1.82, 2.24) is 5.32 Å². The van der Waals surface area contributed by atoms with Crippen LogP contribution >= 0.6 is 11.8 Å². The molecule has 2 aromatic rings. The number of rotatable bonds is 7. The third-order valence-electron chi connectivity index (χ3n) is 4.18. The Balaban J connectivity index is 1.91. The summed E-state index contributed by atoms with van der Waals surface area (Å²) in [4.78, 5) is 23.8. The lowest BCUT2D eigenvalue weighted by atomic mass is 10.00. The molecule has 1 atom stereocenters. The first kappa shape index (κ1) is 20.2. The van der Waals surface area contributed by atoms with E-state index in [1.807, 2.05) is 19.1 Å². The monoisotopic (exact) mass is 373 g/mol. The molecule has 0 aromatic heterocycles. The van der Waals surface area contributed by atoms with Crippen LogP contribution in [0, 0.1) is 5.82 Å². The Hall–Kier alpha value is -2.14. The number of hydrogen-bond donors (Lipinski definition) is 1. The Bertz CT molecular complexity index is 787. The van der Waals surface area contributed by atoms with Crippen molar-refractivity contribution >= 4 is 23.5 Å². The van der Waals surface area contributed by atoms with Crippen LogP contribution in [0.15, 0.2) is 47.4 Å². The second-order valence-corrected chi connectivity index (χ2v) is 7.62. The standard InChI is InChI=1S/C21H24FNO2S/c1-13(2)16-5-7-17(8-6-16)14(3)23-21(25)12-26-20-10-9-18(15(4)24)11-19(20)22/h5-11,13-14H,12H2,1-4H3,(H,23,25). The number of carbonyl (C=O) groups is 2. The van der Waals surface area contributed by atoms with E-state index >= 15 is 0 Å². The van der Waals surface area contributed by atoms with Gasteiger partial charge in [-0.05, 0) is 43.0 Å². The van der Waals surface area contributed by atoms with Crippen molar-refractivity contribution in [2.45, 2.75) is 44.6 Å². The summed E-state index contributed by atoms with van der Waals surface area (Å²) in [6.07, 6.45) is 0. The van der Waals surface area contributed by atoms with Gasteiger partial charge in [-0.15, -0.1) is 11.8 Å². The van der Waals surface area contributed by atoms with Crippen molar-refractivity contribution in [3.8, 4) is 0 Å². The Morgan fingerprint density at radius 1 is 1.04 bits per heavy atom. The van der Waals surface area contributed by atoms with Crippen molar-refractivity contribution in [1.29, 1.82) is 0 Å². The van der Waals surface area contributed by atoms with Gasteiger partial charge in [0.15, 0.2) is 5.78 Å². The summed E-state index contributed by atoms with van der Waals surface area (Å²) in [7, 11) is 0. The molecule has 0 radical (unpaired) electrons. The number of nitrogens with one attached hydrogen (secondary N) is 1. The lowest BCUT2D eigenvalue weighted by molar-refractivity contribution is -0.119. The molecule has 2 aromatic carbocycles. The van der Waals surface area contributed by atoms with Crippen molar-refractivity contribution in [3.05, 3.63) is 65.0 Å². The number of carbonyl (C=O) groups excluding carboxylic acids is 2. The molecule has 138 valence electrons. The van der Waals surface area contributed by atoms with Crippen molar-refractivity contribution < 1.29 is 14.0 Å². The maximum absolute atomic E-state index is 14.0. The Morgan fingerprint density at radius 3 is 2.19 bits per heavy atom. The number of Topliss-reactive ketones (excluding diaryl/α,β-unsaturated/α-hetero) is 1. The minimum Gasteiger partial charge on any atom is -0.349 e. The normalized spacial score (nSPS) is 12.1. The van der Waals surface area contributed by atoms with E-state index in [2.05, 4.69) is 31.3 Å². The molecule has 0 heterocycles. The Labute approximate surface area is 158 Å². The highest BCUT2D eigenvalue weighted by Crippen LogP contribution is 2.23. The van der Waals surface area contributed by atoms with E-state index in [1.165, 1.54) is 24.6 Å². The second-order valence-electron chi connectivity index (χ2n) is 6.60. The molecule has 0 fully saturated rings. The first-order chi connectivity index (χ1) is 12.3. The van der Waals surface area contributed by atoms with E-state index in [-0.39, 0.29) is 23.5 Å². The Morgan fingerprint density at radius 2 is 1.65 bits per heavy atom. The van der Waals surface area contributed by atoms with Gasteiger partial charge >= 0.3 is 0 Å². The molecule has 26 heavy (non-hydrogen) atoms. The maximum Gasteiger partial charge on any atom is 0.230 e. The van der Waals surface area contributed by atoms with Gasteiger partial charge in [0, 0.05) is 10.5 Å². The zero-order chi connectivity index (χ0) is 19.3. The largest absolute Gasteiger partial charge is 0.349 e. The highest BCUT2D eigenvalue weighted by atomic mass is 32.2. The average Bonchev–Trinajstić information content (AvgIpc) is 2.60. The molecule has 1 amide bonds. The van der Waals surface area contributed by atoms with Crippen LogP contribution in [0.4, 0.5) is 4.39 Å². The fourth-order valence-electron chi connectivity index (χ4n) is 2.52. The minimum absolute atomic E-state index is 0.116. The number of amides is 1. The topological polar surface area (TPSA) is 46.2 Å². The summed E-state index contributed by atoms with van der Waals surface area (Å²) in [5, 5.41) is 2.93. The van der Waals surface area contributed by atoms with Crippen LogP contribution in [-0.2, 0) is 4.79 Å². The van der Waals surface area contributed by atoms with E-state index in [1.54, 1.807) is 6.07 Å². The van der Waals surface area contributed by atoms with Crippen molar-refractivity contribution in [2.24, 2.45) is 0 Å². The molecular formula is C21H24FNO2S. The Kier molecular flexibility index (Phi) is 6.98. The van der Waals surface area contributed by atoms with E-state index in [0.29, 0.717) is 16.4 Å². The number of ketones is 1. The van der Waals surface area contributed by atoms with E-state index in [0.717, 1.165) is 17.3 Å². The molecule has 0 bridgehead atoms. The quantitative estimate of drug-likeness (QED) is 0.541. The highest BCUT2D eigenvalue weighted by molar-refractivity contribution is 8.00. The number of thioether (sulfide) groups is 1. The fraction of sp³-hybridized carbons (Fsp3) is 0.333. The molecule has 0 saturated carbocycles. The van der Waals surface area contributed by atoms with E-state index < -0.39 is 5.82 Å². The van der Waals surface area contributed by atoms with Crippen LogP contribution in [0.1, 0.15) is 61.1 Å². The molecule has 5 heteroatoms. The van der Waals surface area contributed by atoms with Crippen LogP contribution in [0.5, 0.6) is 0 Å². The first-order valence-electron chi connectivity index (χ1n) is 8.60. The minimum atomic E-state index is -0.479. The molecule has 1 unspecified atom stereocenters. The maximum atomic E-state index is 14.0. The van der Waals surface area contributed by atoms with Crippen LogP contribution in [0.3, 0.4) is 0 Å². The zero-order valence-corrected chi connectivity index (χ0v) is 16.3. The highest BCUT2D eigenvalue weighted by Gasteiger charge is 2.12. The summed E-state index contributed by atoms with van der Waals surface area (Å²) in [5.74, 6) is -0.242. The molecule has 0 aliphatic heterocycles. The predicted octanol–water partition coefficient (Wildman–Crippen LogP) is 5.12. The molecule has 2 rings (SSSR count). The molecule has 0 saturated heterocycles. The lowest BCUT2D eigenvalue weighted by Gasteiger charge is -2.15. The number of benzene rings is 2. The fourth-order valence-corrected chi connectivity index (χ4v) is 3.25. The van der Waals surface area contributed by atoms with Gasteiger partial charge in [-0.1, -0.05) is 44.2 Å². The molecular weight excluding hydrogens is 349 g/mol. The summed E-state index contributed by atoms with van der Waals surface area (Å²) in [6.45, 7) is 7.60. The van der Waals surface area contributed by atoms with E-state index in [4.69, 9.17) is 0 Å². The van der Waals surface area contributed by atoms with Crippen LogP contribution in [0.25, 0.3) is 0 Å². The average molecular weight is 373 g/mol. The third kappa shape index (κ3) is 5.43. The van der Waals surface area contributed by atoms with Gasteiger partial charge < -0.3 is 5.32 Å². The van der Waals surface area contributed by atoms with Crippen molar-refractivity contribution in [3.63, 3.8) is 0 Å². The molecule has 0 aliphatic carbocycles. The third-order valence-corrected chi connectivity index (χ3v) is 5.23. The van der Waals surface area contributed by atoms with Gasteiger partial charge in [-0.25, -0.2) is 4.39 Å². The zero-order valence-electron chi connectivity index (χ0n) is 15.5.